The Labute approximate surface area is 185 Å². The molecule has 0 aliphatic heterocycles. The molecule has 2 aromatic heterocycles. The van der Waals surface area contributed by atoms with Crippen LogP contribution in [0.2, 0.25) is 10.0 Å². The minimum Gasteiger partial charge on any atom is -0.494 e. The molecule has 2 heterocycles. The van der Waals surface area contributed by atoms with Gasteiger partial charge in [0, 0.05) is 27.1 Å². The van der Waals surface area contributed by atoms with Crippen LogP contribution >= 0.6 is 34.7 Å². The number of halogens is 2. The average Bonchev–Trinajstić information content (AvgIpc) is 3.34. The molecule has 152 valence electrons. The van der Waals surface area contributed by atoms with Crippen LogP contribution in [0.25, 0.3) is 17.2 Å². The van der Waals surface area contributed by atoms with Crippen LogP contribution < -0.4 is 10.1 Å². The van der Waals surface area contributed by atoms with E-state index in [2.05, 4.69) is 25.0 Å². The first-order valence-electron chi connectivity index (χ1n) is 8.63. The number of aromatic nitrogens is 5. The first-order chi connectivity index (χ1) is 14.5. The third-order valence-corrected chi connectivity index (χ3v) is 5.35. The van der Waals surface area contributed by atoms with E-state index in [0.717, 1.165) is 11.5 Å². The maximum Gasteiger partial charge on any atom is 0.257 e. The molecule has 0 fully saturated rings. The average molecular weight is 461 g/mol. The van der Waals surface area contributed by atoms with Crippen molar-refractivity contribution in [2.45, 2.75) is 6.92 Å². The van der Waals surface area contributed by atoms with Crippen molar-refractivity contribution in [3.63, 3.8) is 0 Å². The second-order valence-electron chi connectivity index (χ2n) is 6.14. The van der Waals surface area contributed by atoms with E-state index in [1.807, 2.05) is 6.92 Å². The first kappa shape index (κ1) is 20.3. The number of anilines is 1. The Morgan fingerprint density at radius 1 is 1.13 bits per heavy atom. The molecule has 8 nitrogen and oxygen atoms in total. The van der Waals surface area contributed by atoms with Gasteiger partial charge in [0.05, 0.1) is 12.8 Å². The number of carbonyl (C=O) groups is 1. The molecule has 0 radical (unpaired) electrons. The van der Waals surface area contributed by atoms with E-state index in [1.165, 1.54) is 0 Å². The minimum absolute atomic E-state index is 0.307. The molecular weight excluding hydrogens is 447 g/mol. The Balaban J connectivity index is 1.60. The normalized spacial score (nSPS) is 10.8. The fourth-order valence-corrected chi connectivity index (χ4v) is 3.59. The van der Waals surface area contributed by atoms with Crippen LogP contribution in [-0.4, -0.2) is 37.4 Å². The summed E-state index contributed by atoms with van der Waals surface area (Å²) in [7, 11) is 1.57. The summed E-state index contributed by atoms with van der Waals surface area (Å²) >= 11 is 13.0. The lowest BCUT2D eigenvalue weighted by molar-refractivity contribution is 0.102. The zero-order valence-electron chi connectivity index (χ0n) is 15.8. The molecule has 0 saturated heterocycles. The van der Waals surface area contributed by atoms with Crippen LogP contribution in [0.3, 0.4) is 0 Å². The molecular formula is C19H14Cl2N6O2S. The van der Waals surface area contributed by atoms with Gasteiger partial charge in [0.2, 0.25) is 5.13 Å². The fraction of sp³-hybridized carbons (Fsp3) is 0.105. The summed E-state index contributed by atoms with van der Waals surface area (Å²) in [6, 6.07) is 11.8. The molecule has 1 N–H and O–H groups in total. The van der Waals surface area contributed by atoms with E-state index < -0.39 is 0 Å². The molecule has 0 bridgehead atoms. The number of methoxy groups -OCH3 is 1. The van der Waals surface area contributed by atoms with Gasteiger partial charge in [-0.15, -0.1) is 5.10 Å². The maximum absolute atomic E-state index is 12.4. The van der Waals surface area contributed by atoms with Gasteiger partial charge in [0.1, 0.15) is 11.4 Å². The number of nitrogens with one attached hydrogen (secondary N) is 1. The second kappa shape index (κ2) is 8.39. The third-order valence-electron chi connectivity index (χ3n) is 4.23. The number of nitrogens with zero attached hydrogens (tertiary/aromatic N) is 5. The van der Waals surface area contributed by atoms with Crippen LogP contribution in [0.1, 0.15) is 16.1 Å². The summed E-state index contributed by atoms with van der Waals surface area (Å²) < 4.78 is 11.3. The van der Waals surface area contributed by atoms with Gasteiger partial charge in [-0.3, -0.25) is 10.1 Å². The zero-order chi connectivity index (χ0) is 21.3. The number of carbonyl (C=O) groups excluding carboxylic acids is 1. The number of amides is 1. The lowest BCUT2D eigenvalue weighted by Gasteiger charge is -2.09. The summed E-state index contributed by atoms with van der Waals surface area (Å²) in [5.74, 6) is 0.649. The largest absolute Gasteiger partial charge is 0.494 e. The highest BCUT2D eigenvalue weighted by molar-refractivity contribution is 7.10. The Hall–Kier alpha value is -3.01. The Morgan fingerprint density at radius 3 is 2.60 bits per heavy atom. The highest BCUT2D eigenvalue weighted by atomic mass is 35.5. The lowest BCUT2D eigenvalue weighted by Crippen LogP contribution is -2.11. The standard InChI is InChI=1S/C19H14Cl2N6O2S/c1-10-16(24-26-27(10)14-9-13(21)7-8-15(14)29-2)17-22-19(30-25-17)23-18(28)11-3-5-12(20)6-4-11/h3-9H,1-2H3,(H,22,23,25,28). The molecule has 11 heteroatoms. The zero-order valence-corrected chi connectivity index (χ0v) is 18.1. The molecule has 0 aliphatic carbocycles. The number of benzene rings is 2. The van der Waals surface area contributed by atoms with Crippen molar-refractivity contribution in [2.75, 3.05) is 12.4 Å². The predicted octanol–water partition coefficient (Wildman–Crippen LogP) is 4.66. The van der Waals surface area contributed by atoms with Crippen LogP contribution in [0.4, 0.5) is 5.13 Å². The molecule has 4 rings (SSSR count). The van der Waals surface area contributed by atoms with Crippen molar-refractivity contribution >= 4 is 45.8 Å². The van der Waals surface area contributed by atoms with Gasteiger partial charge in [-0.25, -0.2) is 4.68 Å². The lowest BCUT2D eigenvalue weighted by atomic mass is 10.2. The molecule has 4 aromatic rings. The van der Waals surface area contributed by atoms with Crippen molar-refractivity contribution in [3.8, 4) is 23.0 Å². The molecule has 2 aromatic carbocycles. The number of ether oxygens (including phenoxy) is 1. The third kappa shape index (κ3) is 4.00. The molecule has 0 unspecified atom stereocenters. The van der Waals surface area contributed by atoms with Crippen molar-refractivity contribution < 1.29 is 9.53 Å². The Morgan fingerprint density at radius 2 is 1.87 bits per heavy atom. The van der Waals surface area contributed by atoms with Crippen LogP contribution in [0.5, 0.6) is 5.75 Å². The van der Waals surface area contributed by atoms with Gasteiger partial charge in [0.25, 0.3) is 5.91 Å². The Kier molecular flexibility index (Phi) is 5.67. The number of hydrogen-bond acceptors (Lipinski definition) is 7. The quantitative estimate of drug-likeness (QED) is 0.465. The molecule has 0 atom stereocenters. The van der Waals surface area contributed by atoms with Crippen molar-refractivity contribution in [3.05, 3.63) is 63.8 Å². The van der Waals surface area contributed by atoms with Gasteiger partial charge < -0.3 is 4.74 Å². The van der Waals surface area contributed by atoms with E-state index >= 15 is 0 Å². The van der Waals surface area contributed by atoms with E-state index in [9.17, 15) is 4.79 Å². The van der Waals surface area contributed by atoms with Gasteiger partial charge in [-0.05, 0) is 49.4 Å². The SMILES string of the molecule is COc1ccc(Cl)cc1-n1nnc(-c2nsc(NC(=O)c3ccc(Cl)cc3)n2)c1C. The molecule has 1 amide bonds. The first-order valence-corrected chi connectivity index (χ1v) is 10.2. The number of hydrogen-bond donors (Lipinski definition) is 1. The summed E-state index contributed by atoms with van der Waals surface area (Å²) in [6.45, 7) is 1.84. The van der Waals surface area contributed by atoms with E-state index in [-0.39, 0.29) is 5.91 Å². The van der Waals surface area contributed by atoms with Crippen LogP contribution in [-0.2, 0) is 0 Å². The van der Waals surface area contributed by atoms with E-state index in [4.69, 9.17) is 27.9 Å². The second-order valence-corrected chi connectivity index (χ2v) is 7.76. The van der Waals surface area contributed by atoms with Gasteiger partial charge >= 0.3 is 0 Å². The summed E-state index contributed by atoms with van der Waals surface area (Å²) in [6.07, 6.45) is 0. The predicted molar refractivity (Wildman–Crippen MR) is 116 cm³/mol. The topological polar surface area (TPSA) is 94.8 Å². The highest BCUT2D eigenvalue weighted by Crippen LogP contribution is 2.29. The van der Waals surface area contributed by atoms with Gasteiger partial charge in [0.15, 0.2) is 11.5 Å². The summed E-state index contributed by atoms with van der Waals surface area (Å²) in [4.78, 5) is 16.7. The van der Waals surface area contributed by atoms with E-state index in [1.54, 1.807) is 54.3 Å². The highest BCUT2D eigenvalue weighted by Gasteiger charge is 2.19. The van der Waals surface area contributed by atoms with Crippen LogP contribution in [0, 0.1) is 6.92 Å². The van der Waals surface area contributed by atoms with Crippen molar-refractivity contribution in [1.29, 1.82) is 0 Å². The summed E-state index contributed by atoms with van der Waals surface area (Å²) in [5.41, 5.74) is 2.29. The minimum atomic E-state index is -0.307. The van der Waals surface area contributed by atoms with Crippen LogP contribution in [0.15, 0.2) is 42.5 Å². The monoisotopic (exact) mass is 460 g/mol. The molecule has 0 saturated carbocycles. The maximum atomic E-state index is 12.4. The van der Waals surface area contributed by atoms with Gasteiger partial charge in [-0.2, -0.15) is 9.36 Å². The van der Waals surface area contributed by atoms with Gasteiger partial charge in [-0.1, -0.05) is 28.4 Å². The molecule has 0 aliphatic rings. The smallest absolute Gasteiger partial charge is 0.257 e. The van der Waals surface area contributed by atoms with Crippen molar-refractivity contribution in [2.24, 2.45) is 0 Å². The molecule has 0 spiro atoms. The summed E-state index contributed by atoms with van der Waals surface area (Å²) in [5, 5.41) is 12.6. The molecule has 30 heavy (non-hydrogen) atoms. The Bertz CT molecular complexity index is 1220. The fourth-order valence-electron chi connectivity index (χ4n) is 2.73. The number of rotatable bonds is 5. The van der Waals surface area contributed by atoms with E-state index in [0.29, 0.717) is 49.4 Å². The van der Waals surface area contributed by atoms with Crippen molar-refractivity contribution in [1.82, 2.24) is 24.4 Å².